The van der Waals surface area contributed by atoms with Crippen molar-refractivity contribution in [1.29, 1.82) is 0 Å². The van der Waals surface area contributed by atoms with Crippen LogP contribution in [0.1, 0.15) is 25.3 Å². The summed E-state index contributed by atoms with van der Waals surface area (Å²) in [5.74, 6) is 1.99. The van der Waals surface area contributed by atoms with Crippen molar-refractivity contribution < 1.29 is 9.84 Å². The van der Waals surface area contributed by atoms with Crippen LogP contribution in [-0.4, -0.2) is 32.4 Å². The number of nitrogens with zero attached hydrogens (tertiary/aromatic N) is 3. The number of pyridine rings is 1. The zero-order chi connectivity index (χ0) is 17.6. The third-order valence-electron chi connectivity index (χ3n) is 4.01. The van der Waals surface area contributed by atoms with E-state index in [1.807, 2.05) is 41.1 Å². The van der Waals surface area contributed by atoms with Gasteiger partial charge >= 0.3 is 0 Å². The summed E-state index contributed by atoms with van der Waals surface area (Å²) < 4.78 is 7.77. The first-order valence-corrected chi connectivity index (χ1v) is 8.46. The van der Waals surface area contributed by atoms with Crippen LogP contribution in [0, 0.1) is 0 Å². The SMILES string of the molecule is CC(C)c1ccccc1OCC(O)Cn1ccnc1-c1cccnc1. The molecule has 130 valence electrons. The number of para-hydroxylation sites is 1. The van der Waals surface area contributed by atoms with Gasteiger partial charge in [-0.15, -0.1) is 0 Å². The fraction of sp³-hybridized carbons (Fsp3) is 0.300. The number of hydrogen-bond donors (Lipinski definition) is 1. The lowest BCUT2D eigenvalue weighted by molar-refractivity contribution is 0.0922. The molecule has 1 atom stereocenters. The molecule has 3 rings (SSSR count). The van der Waals surface area contributed by atoms with Crippen molar-refractivity contribution in [3.05, 3.63) is 66.7 Å². The fourth-order valence-corrected chi connectivity index (χ4v) is 2.77. The summed E-state index contributed by atoms with van der Waals surface area (Å²) in [5, 5.41) is 10.4. The smallest absolute Gasteiger partial charge is 0.141 e. The van der Waals surface area contributed by atoms with Crippen LogP contribution in [0.5, 0.6) is 5.75 Å². The van der Waals surface area contributed by atoms with Crippen molar-refractivity contribution in [3.8, 4) is 17.1 Å². The van der Waals surface area contributed by atoms with Crippen molar-refractivity contribution >= 4 is 0 Å². The van der Waals surface area contributed by atoms with Gasteiger partial charge in [-0.1, -0.05) is 32.0 Å². The van der Waals surface area contributed by atoms with Gasteiger partial charge in [-0.25, -0.2) is 4.98 Å². The standard InChI is InChI=1S/C20H23N3O2/c1-15(2)18-7-3-4-8-19(18)25-14-17(24)13-23-11-10-22-20(23)16-6-5-9-21-12-16/h3-12,15,17,24H,13-14H2,1-2H3. The van der Waals surface area contributed by atoms with E-state index in [-0.39, 0.29) is 6.61 Å². The molecule has 0 amide bonds. The van der Waals surface area contributed by atoms with E-state index < -0.39 is 6.10 Å². The zero-order valence-corrected chi connectivity index (χ0v) is 14.5. The Bertz CT molecular complexity index is 799. The molecule has 5 nitrogen and oxygen atoms in total. The van der Waals surface area contributed by atoms with E-state index >= 15 is 0 Å². The molecule has 2 aromatic heterocycles. The maximum atomic E-state index is 10.4. The Hall–Kier alpha value is -2.66. The number of ether oxygens (including phenoxy) is 1. The zero-order valence-electron chi connectivity index (χ0n) is 14.5. The summed E-state index contributed by atoms with van der Waals surface area (Å²) >= 11 is 0. The topological polar surface area (TPSA) is 60.2 Å². The number of aliphatic hydroxyl groups is 1. The number of aromatic nitrogens is 3. The highest BCUT2D eigenvalue weighted by Gasteiger charge is 2.13. The van der Waals surface area contributed by atoms with Crippen LogP contribution in [0.4, 0.5) is 0 Å². The molecule has 0 saturated heterocycles. The predicted molar refractivity (Wildman–Crippen MR) is 97.5 cm³/mol. The fourth-order valence-electron chi connectivity index (χ4n) is 2.77. The lowest BCUT2D eigenvalue weighted by atomic mass is 10.0. The molecule has 0 radical (unpaired) electrons. The third kappa shape index (κ3) is 4.25. The van der Waals surface area contributed by atoms with Crippen LogP contribution in [0.15, 0.2) is 61.2 Å². The van der Waals surface area contributed by atoms with Crippen molar-refractivity contribution in [2.45, 2.75) is 32.4 Å². The number of imidazole rings is 1. The molecule has 5 heteroatoms. The summed E-state index contributed by atoms with van der Waals surface area (Å²) in [4.78, 5) is 8.49. The number of rotatable bonds is 7. The maximum Gasteiger partial charge on any atom is 0.141 e. The molecule has 0 aliphatic heterocycles. The Kier molecular flexibility index (Phi) is 5.46. The van der Waals surface area contributed by atoms with Gasteiger partial charge in [0.05, 0.1) is 6.54 Å². The molecular weight excluding hydrogens is 314 g/mol. The van der Waals surface area contributed by atoms with Gasteiger partial charge < -0.3 is 14.4 Å². The average Bonchev–Trinajstić information content (AvgIpc) is 3.09. The predicted octanol–water partition coefficient (Wildman–Crippen LogP) is 3.51. The van der Waals surface area contributed by atoms with Crippen LogP contribution < -0.4 is 4.74 Å². The summed E-state index contributed by atoms with van der Waals surface area (Å²) in [6.45, 7) is 4.90. The third-order valence-corrected chi connectivity index (χ3v) is 4.01. The van der Waals surface area contributed by atoms with E-state index in [9.17, 15) is 5.11 Å². The minimum atomic E-state index is -0.634. The summed E-state index contributed by atoms with van der Waals surface area (Å²) in [6, 6.07) is 11.8. The Morgan fingerprint density at radius 1 is 1.12 bits per heavy atom. The Morgan fingerprint density at radius 2 is 1.96 bits per heavy atom. The molecular formula is C20H23N3O2. The van der Waals surface area contributed by atoms with Gasteiger partial charge in [0.2, 0.25) is 0 Å². The molecule has 0 aliphatic rings. The van der Waals surface area contributed by atoms with Gasteiger partial charge in [-0.3, -0.25) is 4.98 Å². The maximum absolute atomic E-state index is 10.4. The van der Waals surface area contributed by atoms with E-state index in [4.69, 9.17) is 4.74 Å². The first kappa shape index (κ1) is 17.2. The molecule has 0 aliphatic carbocycles. The van der Waals surface area contributed by atoms with Crippen molar-refractivity contribution in [3.63, 3.8) is 0 Å². The number of benzene rings is 1. The summed E-state index contributed by atoms with van der Waals surface area (Å²) in [6.07, 6.45) is 6.44. The Balaban J connectivity index is 1.65. The first-order chi connectivity index (χ1) is 12.1. The highest BCUT2D eigenvalue weighted by molar-refractivity contribution is 5.53. The van der Waals surface area contributed by atoms with Gasteiger partial charge in [0, 0.05) is 30.4 Å². The minimum Gasteiger partial charge on any atom is -0.491 e. The second-order valence-electron chi connectivity index (χ2n) is 6.30. The molecule has 1 aromatic carbocycles. The molecule has 1 N–H and O–H groups in total. The molecule has 0 spiro atoms. The highest BCUT2D eigenvalue weighted by atomic mass is 16.5. The van der Waals surface area contributed by atoms with Gasteiger partial charge in [0.15, 0.2) is 0 Å². The van der Waals surface area contributed by atoms with Gasteiger partial charge in [0.25, 0.3) is 0 Å². The molecule has 2 heterocycles. The van der Waals surface area contributed by atoms with E-state index in [2.05, 4.69) is 29.9 Å². The summed E-state index contributed by atoms with van der Waals surface area (Å²) in [5.41, 5.74) is 2.07. The first-order valence-electron chi connectivity index (χ1n) is 8.46. The monoisotopic (exact) mass is 337 g/mol. The van der Waals surface area contributed by atoms with Gasteiger partial charge in [-0.05, 0) is 29.7 Å². The van der Waals surface area contributed by atoms with Crippen molar-refractivity contribution in [1.82, 2.24) is 14.5 Å². The van der Waals surface area contributed by atoms with Crippen LogP contribution in [-0.2, 0) is 6.54 Å². The van der Waals surface area contributed by atoms with Gasteiger partial charge in [-0.2, -0.15) is 0 Å². The molecule has 3 aromatic rings. The van der Waals surface area contributed by atoms with Crippen molar-refractivity contribution in [2.75, 3.05) is 6.61 Å². The highest BCUT2D eigenvalue weighted by Crippen LogP contribution is 2.26. The van der Waals surface area contributed by atoms with E-state index in [1.165, 1.54) is 0 Å². The van der Waals surface area contributed by atoms with Gasteiger partial charge in [0.1, 0.15) is 24.3 Å². The van der Waals surface area contributed by atoms with Crippen LogP contribution in [0.25, 0.3) is 11.4 Å². The second-order valence-corrected chi connectivity index (χ2v) is 6.30. The lowest BCUT2D eigenvalue weighted by Crippen LogP contribution is -2.24. The average molecular weight is 337 g/mol. The molecule has 25 heavy (non-hydrogen) atoms. The normalized spacial score (nSPS) is 12.3. The Morgan fingerprint density at radius 3 is 2.72 bits per heavy atom. The summed E-state index contributed by atoms with van der Waals surface area (Å²) in [7, 11) is 0. The number of aliphatic hydroxyl groups excluding tert-OH is 1. The van der Waals surface area contributed by atoms with E-state index in [1.54, 1.807) is 18.6 Å². The molecule has 1 unspecified atom stereocenters. The van der Waals surface area contributed by atoms with Crippen LogP contribution in [0.3, 0.4) is 0 Å². The van der Waals surface area contributed by atoms with Crippen LogP contribution in [0.2, 0.25) is 0 Å². The quantitative estimate of drug-likeness (QED) is 0.717. The van der Waals surface area contributed by atoms with Crippen molar-refractivity contribution in [2.24, 2.45) is 0 Å². The Labute approximate surface area is 148 Å². The van der Waals surface area contributed by atoms with Crippen LogP contribution >= 0.6 is 0 Å². The molecule has 0 fully saturated rings. The molecule has 0 bridgehead atoms. The largest absolute Gasteiger partial charge is 0.491 e. The van der Waals surface area contributed by atoms with E-state index in [0.29, 0.717) is 12.5 Å². The minimum absolute atomic E-state index is 0.231. The lowest BCUT2D eigenvalue weighted by Gasteiger charge is -2.17. The second kappa shape index (κ2) is 7.94. The van der Waals surface area contributed by atoms with E-state index in [0.717, 1.165) is 22.7 Å². The number of hydrogen-bond acceptors (Lipinski definition) is 4. The molecule has 0 saturated carbocycles.